The number of aromatic nitrogens is 2. The molecule has 142 valence electrons. The van der Waals surface area contributed by atoms with Gasteiger partial charge in [0.05, 0.1) is 0 Å². The van der Waals surface area contributed by atoms with Crippen LogP contribution in [0, 0.1) is 5.92 Å². The number of nitrogens with zero attached hydrogens (tertiary/aromatic N) is 3. The summed E-state index contributed by atoms with van der Waals surface area (Å²) in [7, 11) is 0. The van der Waals surface area contributed by atoms with Gasteiger partial charge >= 0.3 is 5.69 Å². The molecule has 0 radical (unpaired) electrons. The molecule has 0 aromatic carbocycles. The molecule has 0 saturated carbocycles. The van der Waals surface area contributed by atoms with E-state index in [0.29, 0.717) is 12.0 Å². The summed E-state index contributed by atoms with van der Waals surface area (Å²) in [5.74, 6) is 0.454. The summed E-state index contributed by atoms with van der Waals surface area (Å²) in [5, 5.41) is 0. The fourth-order valence-corrected chi connectivity index (χ4v) is 4.58. The van der Waals surface area contributed by atoms with E-state index >= 15 is 0 Å². The standard InChI is InChI=1S/C18H26N4O4/c23-16-3-6-20(18(25)19-16)12-17(24)22-10-13-1-2-15(22)11-21(9-13)14-4-7-26-8-5-14/h3,6,13-15H,1-2,4-5,7-12H2,(H,19,23,25)/t13-,15+/m0/s1. The molecular weight excluding hydrogens is 336 g/mol. The molecule has 4 aliphatic rings. The van der Waals surface area contributed by atoms with E-state index in [1.807, 2.05) is 4.90 Å². The summed E-state index contributed by atoms with van der Waals surface area (Å²) >= 11 is 0. The van der Waals surface area contributed by atoms with E-state index < -0.39 is 11.2 Å². The van der Waals surface area contributed by atoms with Crippen molar-refractivity contribution in [3.8, 4) is 0 Å². The maximum absolute atomic E-state index is 12.9. The second kappa shape index (κ2) is 7.36. The molecule has 4 fully saturated rings. The zero-order chi connectivity index (χ0) is 18.1. The van der Waals surface area contributed by atoms with Crippen LogP contribution in [-0.4, -0.2) is 70.2 Å². The number of rotatable bonds is 3. The van der Waals surface area contributed by atoms with Crippen LogP contribution in [0.3, 0.4) is 0 Å². The first-order valence-corrected chi connectivity index (χ1v) is 9.51. The van der Waals surface area contributed by atoms with Crippen molar-refractivity contribution in [3.05, 3.63) is 33.1 Å². The van der Waals surface area contributed by atoms with Crippen molar-refractivity contribution >= 4 is 5.91 Å². The number of H-pyrrole nitrogens is 1. The van der Waals surface area contributed by atoms with Crippen LogP contribution in [0.2, 0.25) is 0 Å². The number of hydrogen-bond acceptors (Lipinski definition) is 5. The Balaban J connectivity index is 1.46. The number of carbonyl (C=O) groups excluding carboxylic acids is 1. The van der Waals surface area contributed by atoms with Crippen LogP contribution in [0.1, 0.15) is 25.7 Å². The Kier molecular flexibility index (Phi) is 4.95. The summed E-state index contributed by atoms with van der Waals surface area (Å²) < 4.78 is 6.76. The van der Waals surface area contributed by atoms with Gasteiger partial charge in [0.25, 0.3) is 5.56 Å². The van der Waals surface area contributed by atoms with Crippen LogP contribution in [0.25, 0.3) is 0 Å². The van der Waals surface area contributed by atoms with Gasteiger partial charge in [-0.15, -0.1) is 0 Å². The lowest BCUT2D eigenvalue weighted by Crippen LogP contribution is -2.50. The molecule has 8 nitrogen and oxygen atoms in total. The van der Waals surface area contributed by atoms with Crippen molar-refractivity contribution in [2.45, 2.75) is 44.3 Å². The molecule has 1 aromatic rings. The van der Waals surface area contributed by atoms with E-state index in [1.54, 1.807) is 0 Å². The van der Waals surface area contributed by atoms with Gasteiger partial charge in [-0.3, -0.25) is 24.0 Å². The summed E-state index contributed by atoms with van der Waals surface area (Å²) in [6.45, 7) is 4.36. The lowest BCUT2D eigenvalue weighted by molar-refractivity contribution is -0.136. The summed E-state index contributed by atoms with van der Waals surface area (Å²) in [5.41, 5.74) is -0.978. The molecule has 1 aromatic heterocycles. The van der Waals surface area contributed by atoms with Gasteiger partial charge in [-0.25, -0.2) is 4.79 Å². The molecule has 4 aliphatic heterocycles. The van der Waals surface area contributed by atoms with Crippen molar-refractivity contribution in [1.29, 1.82) is 0 Å². The Morgan fingerprint density at radius 2 is 1.88 bits per heavy atom. The molecule has 26 heavy (non-hydrogen) atoms. The van der Waals surface area contributed by atoms with Crippen LogP contribution in [-0.2, 0) is 16.1 Å². The number of aromatic amines is 1. The maximum atomic E-state index is 12.9. The molecule has 0 aliphatic carbocycles. The fourth-order valence-electron chi connectivity index (χ4n) is 4.58. The van der Waals surface area contributed by atoms with Crippen molar-refractivity contribution in [3.63, 3.8) is 0 Å². The summed E-state index contributed by atoms with van der Waals surface area (Å²) in [6, 6.07) is 2.04. The van der Waals surface area contributed by atoms with E-state index in [4.69, 9.17) is 4.74 Å². The normalized spacial score (nSPS) is 27.5. The van der Waals surface area contributed by atoms with Gasteiger partial charge in [-0.2, -0.15) is 0 Å². The third-order valence-corrected chi connectivity index (χ3v) is 5.97. The van der Waals surface area contributed by atoms with Gasteiger partial charge in [-0.1, -0.05) is 0 Å². The molecule has 0 unspecified atom stereocenters. The Hall–Kier alpha value is -1.93. The molecule has 5 heterocycles. The summed E-state index contributed by atoms with van der Waals surface area (Å²) in [6.07, 6.45) is 5.72. The fraction of sp³-hybridized carbons (Fsp3) is 0.722. The van der Waals surface area contributed by atoms with Crippen LogP contribution in [0.5, 0.6) is 0 Å². The average molecular weight is 362 g/mol. The molecule has 0 spiro atoms. The van der Waals surface area contributed by atoms with Crippen molar-refractivity contribution < 1.29 is 9.53 Å². The number of carbonyl (C=O) groups is 1. The van der Waals surface area contributed by atoms with Crippen LogP contribution in [0.15, 0.2) is 21.9 Å². The first-order chi connectivity index (χ1) is 12.6. The number of ether oxygens (including phenoxy) is 1. The highest BCUT2D eigenvalue weighted by atomic mass is 16.5. The molecule has 8 heteroatoms. The second-order valence-electron chi connectivity index (χ2n) is 7.68. The Labute approximate surface area is 151 Å². The average Bonchev–Trinajstić information content (AvgIpc) is 2.97. The van der Waals surface area contributed by atoms with Gasteiger partial charge in [0.2, 0.25) is 5.91 Å². The van der Waals surface area contributed by atoms with Gasteiger partial charge in [0.1, 0.15) is 6.54 Å². The van der Waals surface area contributed by atoms with Crippen molar-refractivity contribution in [1.82, 2.24) is 19.4 Å². The molecule has 4 saturated heterocycles. The largest absolute Gasteiger partial charge is 0.381 e. The van der Waals surface area contributed by atoms with Gasteiger partial charge in [0.15, 0.2) is 0 Å². The van der Waals surface area contributed by atoms with Crippen molar-refractivity contribution in [2.24, 2.45) is 5.92 Å². The summed E-state index contributed by atoms with van der Waals surface area (Å²) in [4.78, 5) is 42.6. The first-order valence-electron chi connectivity index (χ1n) is 9.51. The van der Waals surface area contributed by atoms with Crippen molar-refractivity contribution in [2.75, 3.05) is 32.8 Å². The lowest BCUT2D eigenvalue weighted by atomic mass is 9.95. The van der Waals surface area contributed by atoms with E-state index in [2.05, 4.69) is 9.88 Å². The number of nitrogens with one attached hydrogen (secondary N) is 1. The van der Waals surface area contributed by atoms with Gasteiger partial charge in [-0.05, 0) is 31.6 Å². The zero-order valence-electron chi connectivity index (χ0n) is 14.9. The van der Waals surface area contributed by atoms with E-state index in [1.165, 1.54) is 16.8 Å². The topological polar surface area (TPSA) is 87.6 Å². The van der Waals surface area contributed by atoms with Gasteiger partial charge < -0.3 is 9.64 Å². The lowest BCUT2D eigenvalue weighted by Gasteiger charge is -2.37. The zero-order valence-corrected chi connectivity index (χ0v) is 14.9. The van der Waals surface area contributed by atoms with E-state index in [0.717, 1.165) is 58.5 Å². The SMILES string of the molecule is O=C(Cn1ccc(=O)[nH]c1=O)N1C[C@H]2CC[C@@H]1CN(C1CCOCC1)C2. The van der Waals surface area contributed by atoms with E-state index in [-0.39, 0.29) is 18.5 Å². The predicted molar refractivity (Wildman–Crippen MR) is 95.0 cm³/mol. The van der Waals surface area contributed by atoms with Crippen LogP contribution in [0.4, 0.5) is 0 Å². The van der Waals surface area contributed by atoms with E-state index in [9.17, 15) is 14.4 Å². The molecule has 1 amide bonds. The Bertz CT molecular complexity index is 767. The third kappa shape index (κ3) is 3.61. The third-order valence-electron chi connectivity index (χ3n) is 5.97. The Morgan fingerprint density at radius 1 is 1.08 bits per heavy atom. The quantitative estimate of drug-likeness (QED) is 0.793. The minimum absolute atomic E-state index is 0.0178. The van der Waals surface area contributed by atoms with Gasteiger partial charge in [0, 0.05) is 57.2 Å². The number of amides is 1. The monoisotopic (exact) mass is 362 g/mol. The first kappa shape index (κ1) is 17.5. The van der Waals surface area contributed by atoms with Crippen LogP contribution < -0.4 is 11.2 Å². The number of fused-ring (bicyclic) bond motifs is 4. The van der Waals surface area contributed by atoms with Crippen LogP contribution >= 0.6 is 0 Å². The number of piperidine rings is 1. The second-order valence-corrected chi connectivity index (χ2v) is 7.68. The minimum atomic E-state index is -0.533. The molecule has 2 atom stereocenters. The minimum Gasteiger partial charge on any atom is -0.381 e. The maximum Gasteiger partial charge on any atom is 0.328 e. The molecule has 1 N–H and O–H groups in total. The highest BCUT2D eigenvalue weighted by Gasteiger charge is 2.39. The molecule has 2 bridgehead atoms. The smallest absolute Gasteiger partial charge is 0.328 e. The Morgan fingerprint density at radius 3 is 2.65 bits per heavy atom. The highest BCUT2D eigenvalue weighted by molar-refractivity contribution is 5.76. The molecule has 5 rings (SSSR count). The predicted octanol–water partition coefficient (Wildman–Crippen LogP) is -0.362. The molecular formula is C18H26N4O4. The number of hydrogen-bond donors (Lipinski definition) is 1. The highest BCUT2D eigenvalue weighted by Crippen LogP contribution is 2.30.